The van der Waals surface area contributed by atoms with Gasteiger partial charge in [0, 0.05) is 82.4 Å². The highest BCUT2D eigenvalue weighted by Crippen LogP contribution is 2.28. The molecule has 0 aliphatic carbocycles. The summed E-state index contributed by atoms with van der Waals surface area (Å²) in [6.07, 6.45) is 0. The van der Waals surface area contributed by atoms with Gasteiger partial charge in [0.05, 0.1) is 6.54 Å². The molecule has 11 heteroatoms. The minimum atomic E-state index is -0.318. The smallest absolute Gasteiger partial charge is 0.228 e. The molecule has 0 fully saturated rings. The van der Waals surface area contributed by atoms with E-state index in [9.17, 15) is 19.2 Å². The van der Waals surface area contributed by atoms with E-state index < -0.39 is 0 Å². The second kappa shape index (κ2) is 31.1. The van der Waals surface area contributed by atoms with E-state index in [-0.39, 0.29) is 75.0 Å². The summed E-state index contributed by atoms with van der Waals surface area (Å²) in [6.45, 7) is 36.9. The number of amides is 4. The number of thiophene rings is 3. The number of benzene rings is 2. The maximum atomic E-state index is 12.4. The fourth-order valence-electron chi connectivity index (χ4n) is 6.63. The summed E-state index contributed by atoms with van der Waals surface area (Å²) < 4.78 is 1.29. The molecule has 8 nitrogen and oxygen atoms in total. The van der Waals surface area contributed by atoms with Crippen molar-refractivity contribution in [2.75, 3.05) is 26.7 Å². The molecule has 4 amide bonds. The first kappa shape index (κ1) is 68.9. The molecule has 0 N–H and O–H groups in total. The predicted molar refractivity (Wildman–Crippen MR) is 306 cm³/mol. The molecule has 390 valence electrons. The maximum absolute atomic E-state index is 12.4. The number of nitrogens with zero attached hydrogens (tertiary/aromatic N) is 4. The molecular weight excluding hydrogens is 913 g/mol. The highest BCUT2D eigenvalue weighted by molar-refractivity contribution is 7.17. The van der Waals surface area contributed by atoms with Gasteiger partial charge >= 0.3 is 0 Å². The Morgan fingerprint density at radius 2 is 0.942 bits per heavy atom. The molecule has 3 aromatic heterocycles. The van der Waals surface area contributed by atoms with Gasteiger partial charge in [0.15, 0.2) is 0 Å². The number of aryl methyl sites for hydroxylation is 1. The lowest BCUT2D eigenvalue weighted by molar-refractivity contribution is -0.140. The first-order valence-electron chi connectivity index (χ1n) is 22.8. The zero-order valence-electron chi connectivity index (χ0n) is 42.8. The average Bonchev–Trinajstić information content (AvgIpc) is 4.01. The Kier molecular flexibility index (Phi) is 31.1. The van der Waals surface area contributed by atoms with E-state index >= 15 is 0 Å². The van der Waals surface area contributed by atoms with Crippen molar-refractivity contribution >= 4 is 67.7 Å². The van der Waals surface area contributed by atoms with Gasteiger partial charge in [0.2, 0.25) is 23.6 Å². The summed E-state index contributed by atoms with van der Waals surface area (Å²) in [5, 5.41) is 7.55. The van der Waals surface area contributed by atoms with Crippen LogP contribution in [0.5, 0.6) is 0 Å². The van der Waals surface area contributed by atoms with Crippen LogP contribution in [0.1, 0.15) is 160 Å². The molecule has 0 atom stereocenters. The van der Waals surface area contributed by atoms with E-state index in [1.54, 1.807) is 38.9 Å². The van der Waals surface area contributed by atoms with Crippen LogP contribution in [0.15, 0.2) is 88.9 Å². The third-order valence-corrected chi connectivity index (χ3v) is 12.9. The van der Waals surface area contributed by atoms with Gasteiger partial charge in [-0.1, -0.05) is 161 Å². The lowest BCUT2D eigenvalue weighted by atomic mass is 9.94. The lowest BCUT2D eigenvalue weighted by Gasteiger charge is -2.28. The molecule has 5 aromatic rings. The van der Waals surface area contributed by atoms with E-state index in [4.69, 9.17) is 0 Å². The zero-order chi connectivity index (χ0) is 49.3. The summed E-state index contributed by atoms with van der Waals surface area (Å²) in [7, 11) is 1.85. The molecule has 5 rings (SSSR count). The summed E-state index contributed by atoms with van der Waals surface area (Å²) in [5.74, 6) is 0.828. The van der Waals surface area contributed by atoms with Gasteiger partial charge in [-0.2, -0.15) is 11.3 Å². The van der Waals surface area contributed by atoms with Crippen LogP contribution in [0.4, 0.5) is 0 Å². The Balaban J connectivity index is -0.000000830. The van der Waals surface area contributed by atoms with Crippen LogP contribution in [-0.4, -0.2) is 69.9 Å². The lowest BCUT2D eigenvalue weighted by Crippen LogP contribution is -2.38. The number of rotatable bonds is 11. The zero-order valence-corrected chi connectivity index (χ0v) is 45.2. The van der Waals surface area contributed by atoms with E-state index in [0.29, 0.717) is 19.6 Å². The van der Waals surface area contributed by atoms with Crippen LogP contribution >= 0.6 is 34.0 Å². The molecule has 0 bridgehead atoms. The van der Waals surface area contributed by atoms with Crippen molar-refractivity contribution in [3.63, 3.8) is 0 Å². The van der Waals surface area contributed by atoms with Crippen LogP contribution in [0, 0.1) is 28.6 Å². The SMILES string of the molecule is C.C.C.C.CCN(Cc1ccc(C)s1)C(=O)C(C)(C)C.CCN(Cc1ccccc1)C(=O)C(C)(C)C.CCN(Cc1csc2ccccc12)C(=O)C(C)(C)C.CN(Cc1ccsc1)C(=O)C(C)(C)C. The number of hydrogen-bond acceptors (Lipinski definition) is 7. The molecule has 3 heterocycles. The number of carbonyl (C=O) groups excluding carboxylic acids is 4. The molecule has 69 heavy (non-hydrogen) atoms. The Bertz CT molecular complexity index is 2200. The fourth-order valence-corrected chi connectivity index (χ4v) is 9.15. The molecule has 0 aliphatic heterocycles. The second-order valence-corrected chi connectivity index (χ2v) is 23.6. The van der Waals surface area contributed by atoms with Crippen LogP contribution in [0.25, 0.3) is 10.1 Å². The van der Waals surface area contributed by atoms with E-state index in [1.807, 2.05) is 149 Å². The van der Waals surface area contributed by atoms with Gasteiger partial charge in [0.25, 0.3) is 0 Å². The van der Waals surface area contributed by atoms with Crippen molar-refractivity contribution in [3.8, 4) is 0 Å². The highest BCUT2D eigenvalue weighted by Gasteiger charge is 2.29. The molecule has 0 saturated carbocycles. The van der Waals surface area contributed by atoms with Crippen LogP contribution in [-0.2, 0) is 45.4 Å². The summed E-state index contributed by atoms with van der Waals surface area (Å²) >= 11 is 5.18. The van der Waals surface area contributed by atoms with Crippen LogP contribution in [0.2, 0.25) is 0 Å². The monoisotopic (exact) mass is 1010 g/mol. The van der Waals surface area contributed by atoms with Crippen molar-refractivity contribution in [2.45, 2.75) is 167 Å². The largest absolute Gasteiger partial charge is 0.341 e. The molecule has 0 spiro atoms. The van der Waals surface area contributed by atoms with E-state index in [0.717, 1.165) is 26.2 Å². The number of fused-ring (bicyclic) bond motifs is 1. The molecular formula is C58H96N4O4S3. The summed E-state index contributed by atoms with van der Waals surface area (Å²) in [4.78, 5) is 58.6. The van der Waals surface area contributed by atoms with Crippen LogP contribution < -0.4 is 0 Å². The average molecular weight is 1010 g/mol. The number of carbonyl (C=O) groups is 4. The van der Waals surface area contributed by atoms with Gasteiger partial charge in [-0.15, -0.1) is 22.7 Å². The Hall–Kier alpha value is -4.32. The molecule has 0 unspecified atom stereocenters. The normalized spacial score (nSPS) is 10.9. The summed E-state index contributed by atoms with van der Waals surface area (Å²) in [5.41, 5.74) is 2.44. The van der Waals surface area contributed by atoms with Gasteiger partial charge in [-0.3, -0.25) is 19.2 Å². The maximum Gasteiger partial charge on any atom is 0.228 e. The first-order chi connectivity index (χ1) is 30.1. The van der Waals surface area contributed by atoms with Crippen LogP contribution in [0.3, 0.4) is 0 Å². The quantitative estimate of drug-likeness (QED) is 0.132. The fraction of sp³-hybridized carbons (Fsp3) is 0.552. The van der Waals surface area contributed by atoms with Crippen molar-refractivity contribution in [1.29, 1.82) is 0 Å². The summed E-state index contributed by atoms with van der Waals surface area (Å²) in [6, 6.07) is 24.8. The minimum Gasteiger partial charge on any atom is -0.341 e. The highest BCUT2D eigenvalue weighted by atomic mass is 32.1. The molecule has 0 saturated heterocycles. The predicted octanol–water partition coefficient (Wildman–Crippen LogP) is 16.1. The van der Waals surface area contributed by atoms with Crippen molar-refractivity contribution in [3.05, 3.63) is 115 Å². The number of hydrogen-bond donors (Lipinski definition) is 0. The molecule has 2 aromatic carbocycles. The van der Waals surface area contributed by atoms with Gasteiger partial charge in [-0.05, 0) is 90.2 Å². The topological polar surface area (TPSA) is 81.2 Å². The van der Waals surface area contributed by atoms with E-state index in [1.165, 1.54) is 36.5 Å². The molecule has 0 aliphatic rings. The van der Waals surface area contributed by atoms with Gasteiger partial charge < -0.3 is 19.6 Å². The van der Waals surface area contributed by atoms with Crippen molar-refractivity contribution < 1.29 is 19.2 Å². The third-order valence-electron chi connectivity index (χ3n) is 10.2. The van der Waals surface area contributed by atoms with Gasteiger partial charge in [-0.25, -0.2) is 0 Å². The van der Waals surface area contributed by atoms with E-state index in [2.05, 4.69) is 72.3 Å². The molecule has 0 radical (unpaired) electrons. The Labute approximate surface area is 434 Å². The first-order valence-corrected chi connectivity index (χ1v) is 25.5. The Morgan fingerprint density at radius 1 is 0.493 bits per heavy atom. The standard InChI is InChI=1S/C16H21NOS.C14H21NO.C13H21NOS.C11H17NOS.4CH4/c1-5-17(15(18)16(2,3)4)10-12-11-19-14-9-7-6-8-13(12)14;1-5-15(13(16)14(2,3)4)11-12-9-7-6-8-10-12;1-6-14(12(15)13(3,4)5)9-11-8-7-10(2)16-11;1-11(2,3)10(13)12(4)7-9-5-6-14-8-9;;;;/h6-9,11H,5,10H2,1-4H3;6-10H,5,11H2,1-4H3;7-8H,6,9H2,1-5H3;5-6,8H,7H2,1-4H3;4*1H4. The second-order valence-electron chi connectivity index (χ2n) is 20.5. The van der Waals surface area contributed by atoms with Crippen molar-refractivity contribution in [1.82, 2.24) is 19.6 Å². The Morgan fingerprint density at radius 3 is 1.36 bits per heavy atom. The minimum absolute atomic E-state index is 0. The van der Waals surface area contributed by atoms with Gasteiger partial charge in [0.1, 0.15) is 0 Å². The van der Waals surface area contributed by atoms with Crippen molar-refractivity contribution in [2.24, 2.45) is 21.7 Å². The third kappa shape index (κ3) is 23.4.